The summed E-state index contributed by atoms with van der Waals surface area (Å²) in [5, 5.41) is 4.41. The maximum absolute atomic E-state index is 11.8. The molecule has 0 saturated carbocycles. The van der Waals surface area contributed by atoms with Crippen LogP contribution in [0.25, 0.3) is 6.08 Å². The highest BCUT2D eigenvalue weighted by Gasteiger charge is 2.20. The number of fused-ring (bicyclic) bond motifs is 1. The van der Waals surface area contributed by atoms with Crippen molar-refractivity contribution >= 4 is 27.3 Å². The molecule has 102 valence electrons. The highest BCUT2D eigenvalue weighted by atomic mass is 32.2. The molecule has 0 unspecified atom stereocenters. The first-order valence-electron chi connectivity index (χ1n) is 6.07. The van der Waals surface area contributed by atoms with Crippen LogP contribution >= 0.6 is 0 Å². The Morgan fingerprint density at radius 3 is 2.40 bits per heavy atom. The van der Waals surface area contributed by atoms with E-state index in [1.54, 1.807) is 25.3 Å². The third-order valence-corrected chi connectivity index (χ3v) is 4.59. The van der Waals surface area contributed by atoms with Gasteiger partial charge >= 0.3 is 0 Å². The van der Waals surface area contributed by atoms with Gasteiger partial charge in [-0.3, -0.25) is 0 Å². The first-order chi connectivity index (χ1) is 9.58. The number of hydrogen-bond acceptors (Lipinski definition) is 4. The molecule has 5 heteroatoms. The van der Waals surface area contributed by atoms with E-state index in [9.17, 15) is 8.42 Å². The lowest BCUT2D eigenvalue weighted by atomic mass is 10.2. The van der Waals surface area contributed by atoms with Crippen molar-refractivity contribution in [2.75, 3.05) is 12.4 Å². The van der Waals surface area contributed by atoms with Crippen LogP contribution < -0.4 is 10.1 Å². The predicted octanol–water partition coefficient (Wildman–Crippen LogP) is 3.20. The van der Waals surface area contributed by atoms with E-state index in [0.29, 0.717) is 4.90 Å². The van der Waals surface area contributed by atoms with Crippen LogP contribution in [0.5, 0.6) is 5.75 Å². The first-order valence-corrected chi connectivity index (χ1v) is 7.61. The second-order valence-corrected chi connectivity index (χ2v) is 6.26. The van der Waals surface area contributed by atoms with E-state index in [2.05, 4.69) is 5.32 Å². The van der Waals surface area contributed by atoms with E-state index in [1.165, 1.54) is 5.41 Å². The Morgan fingerprint density at radius 1 is 1.00 bits per heavy atom. The molecule has 2 aromatic rings. The Balaban J connectivity index is 1.89. The zero-order valence-corrected chi connectivity index (χ0v) is 11.6. The molecule has 0 aliphatic carbocycles. The van der Waals surface area contributed by atoms with Crippen molar-refractivity contribution in [1.82, 2.24) is 0 Å². The summed E-state index contributed by atoms with van der Waals surface area (Å²) >= 11 is 0. The van der Waals surface area contributed by atoms with Crippen LogP contribution in [0.15, 0.2) is 52.8 Å². The van der Waals surface area contributed by atoms with Crippen molar-refractivity contribution in [1.29, 1.82) is 0 Å². The Bertz CT molecular complexity index is 777. The summed E-state index contributed by atoms with van der Waals surface area (Å²) in [6.07, 6.45) is 1.61. The summed E-state index contributed by atoms with van der Waals surface area (Å²) in [5.74, 6) is 0.774. The van der Waals surface area contributed by atoms with Crippen LogP contribution in [0.2, 0.25) is 0 Å². The third-order valence-electron chi connectivity index (χ3n) is 3.13. The number of benzene rings is 2. The van der Waals surface area contributed by atoms with Gasteiger partial charge in [-0.15, -0.1) is 0 Å². The van der Waals surface area contributed by atoms with Crippen LogP contribution in [0, 0.1) is 0 Å². The van der Waals surface area contributed by atoms with Crippen LogP contribution in [-0.4, -0.2) is 15.5 Å². The van der Waals surface area contributed by atoms with E-state index >= 15 is 0 Å². The number of hydrogen-bond donors (Lipinski definition) is 1. The van der Waals surface area contributed by atoms with Crippen LogP contribution in [0.1, 0.15) is 5.56 Å². The molecule has 4 nitrogen and oxygen atoms in total. The molecule has 1 aliphatic heterocycles. The number of nitrogens with one attached hydrogen (secondary N) is 1. The van der Waals surface area contributed by atoms with Gasteiger partial charge in [-0.2, -0.15) is 0 Å². The minimum atomic E-state index is -3.27. The average Bonchev–Trinajstić information content (AvgIpc) is 2.75. The third kappa shape index (κ3) is 2.28. The van der Waals surface area contributed by atoms with Crippen molar-refractivity contribution in [3.63, 3.8) is 0 Å². The molecule has 3 rings (SSSR count). The summed E-state index contributed by atoms with van der Waals surface area (Å²) < 4.78 is 28.7. The van der Waals surface area contributed by atoms with Gasteiger partial charge in [0.15, 0.2) is 0 Å². The van der Waals surface area contributed by atoms with Crippen molar-refractivity contribution in [2.24, 2.45) is 0 Å². The maximum Gasteiger partial charge on any atom is 0.200 e. The lowest BCUT2D eigenvalue weighted by Gasteiger charge is -2.09. The Labute approximate surface area is 117 Å². The standard InChI is InChI=1S/C15H13NO3S/c1-19-14-6-4-12(5-7-14)16-13-3-2-11-8-9-20(17,18)15(11)10-13/h2-10,16H,1H3. The summed E-state index contributed by atoms with van der Waals surface area (Å²) in [6, 6.07) is 12.7. The topological polar surface area (TPSA) is 55.4 Å². The van der Waals surface area contributed by atoms with Gasteiger partial charge in [0.2, 0.25) is 9.84 Å². The molecule has 0 saturated heterocycles. The van der Waals surface area contributed by atoms with E-state index in [4.69, 9.17) is 4.74 Å². The summed E-state index contributed by atoms with van der Waals surface area (Å²) in [5.41, 5.74) is 2.33. The van der Waals surface area contributed by atoms with Crippen LogP contribution in [-0.2, 0) is 9.84 Å². The highest BCUT2D eigenvalue weighted by molar-refractivity contribution is 7.94. The fraction of sp³-hybridized carbons (Fsp3) is 0.0667. The zero-order chi connectivity index (χ0) is 14.2. The smallest absolute Gasteiger partial charge is 0.200 e. The lowest BCUT2D eigenvalue weighted by molar-refractivity contribution is 0.415. The van der Waals surface area contributed by atoms with Gasteiger partial charge in [-0.05, 0) is 48.0 Å². The molecule has 0 radical (unpaired) electrons. The first kappa shape index (κ1) is 12.7. The summed E-state index contributed by atoms with van der Waals surface area (Å²) in [4.78, 5) is 0.344. The molecule has 1 N–H and O–H groups in total. The number of anilines is 2. The fourth-order valence-electron chi connectivity index (χ4n) is 2.07. The largest absolute Gasteiger partial charge is 0.497 e. The van der Waals surface area contributed by atoms with Crippen LogP contribution in [0.4, 0.5) is 11.4 Å². The van der Waals surface area contributed by atoms with Crippen molar-refractivity contribution in [3.05, 3.63) is 53.4 Å². The van der Waals surface area contributed by atoms with Gasteiger partial charge in [0, 0.05) is 16.8 Å². The van der Waals surface area contributed by atoms with E-state index in [0.717, 1.165) is 22.7 Å². The quantitative estimate of drug-likeness (QED) is 0.942. The Kier molecular flexibility index (Phi) is 2.99. The molecule has 0 spiro atoms. The van der Waals surface area contributed by atoms with E-state index < -0.39 is 9.84 Å². The zero-order valence-electron chi connectivity index (χ0n) is 10.8. The normalized spacial score (nSPS) is 14.8. The summed E-state index contributed by atoms with van der Waals surface area (Å²) in [7, 11) is -1.66. The molecular weight excluding hydrogens is 274 g/mol. The van der Waals surface area contributed by atoms with Crippen molar-refractivity contribution < 1.29 is 13.2 Å². The van der Waals surface area contributed by atoms with Crippen molar-refractivity contribution in [3.8, 4) is 5.75 Å². The Morgan fingerprint density at radius 2 is 1.70 bits per heavy atom. The monoisotopic (exact) mass is 287 g/mol. The number of ether oxygens (including phenoxy) is 1. The minimum absolute atomic E-state index is 0.344. The second-order valence-electron chi connectivity index (χ2n) is 4.45. The Hall–Kier alpha value is -2.27. The summed E-state index contributed by atoms with van der Waals surface area (Å²) in [6.45, 7) is 0. The molecule has 0 amide bonds. The minimum Gasteiger partial charge on any atom is -0.497 e. The van der Waals surface area contributed by atoms with E-state index in [1.807, 2.05) is 30.3 Å². The molecule has 20 heavy (non-hydrogen) atoms. The van der Waals surface area contributed by atoms with Gasteiger partial charge < -0.3 is 10.1 Å². The van der Waals surface area contributed by atoms with Crippen molar-refractivity contribution in [2.45, 2.75) is 4.90 Å². The lowest BCUT2D eigenvalue weighted by Crippen LogP contribution is -1.96. The second kappa shape index (κ2) is 4.68. The van der Waals surface area contributed by atoms with Gasteiger partial charge in [0.05, 0.1) is 12.0 Å². The maximum atomic E-state index is 11.8. The average molecular weight is 287 g/mol. The SMILES string of the molecule is COc1ccc(Nc2ccc3c(c2)S(=O)(=O)C=C3)cc1. The van der Waals surface area contributed by atoms with Gasteiger partial charge in [0.25, 0.3) is 0 Å². The highest BCUT2D eigenvalue weighted by Crippen LogP contribution is 2.30. The molecule has 0 atom stereocenters. The van der Waals surface area contributed by atoms with Gasteiger partial charge in [-0.25, -0.2) is 8.42 Å². The molecule has 1 heterocycles. The predicted molar refractivity (Wildman–Crippen MR) is 78.9 cm³/mol. The van der Waals surface area contributed by atoms with Gasteiger partial charge in [0.1, 0.15) is 5.75 Å². The number of methoxy groups -OCH3 is 1. The fourth-order valence-corrected chi connectivity index (χ4v) is 3.30. The molecule has 2 aromatic carbocycles. The molecule has 0 aromatic heterocycles. The molecule has 1 aliphatic rings. The van der Waals surface area contributed by atoms with Gasteiger partial charge in [-0.1, -0.05) is 6.07 Å². The molecule has 0 fully saturated rings. The van der Waals surface area contributed by atoms with E-state index in [-0.39, 0.29) is 0 Å². The number of sulfone groups is 1. The van der Waals surface area contributed by atoms with Crippen LogP contribution in [0.3, 0.4) is 0 Å². The molecule has 0 bridgehead atoms. The number of rotatable bonds is 3. The molecular formula is C15H13NO3S.